The molecule has 0 radical (unpaired) electrons. The van der Waals surface area contributed by atoms with Gasteiger partial charge in [-0.1, -0.05) is 13.8 Å². The van der Waals surface area contributed by atoms with Crippen LogP contribution in [-0.2, 0) is 35.2 Å². The van der Waals surface area contributed by atoms with E-state index in [2.05, 4.69) is 25.9 Å². The number of nitrogens with one attached hydrogen (secondary N) is 4. The Morgan fingerprint density at radius 2 is 1.56 bits per heavy atom. The van der Waals surface area contributed by atoms with Gasteiger partial charge in [0, 0.05) is 31.2 Å². The van der Waals surface area contributed by atoms with Gasteiger partial charge >= 0.3 is 11.9 Å². The van der Waals surface area contributed by atoms with Crippen molar-refractivity contribution in [2.24, 2.45) is 17.4 Å². The van der Waals surface area contributed by atoms with Crippen LogP contribution in [0.25, 0.3) is 0 Å². The summed E-state index contributed by atoms with van der Waals surface area (Å²) in [4.78, 5) is 78.4. The molecule has 1 heterocycles. The van der Waals surface area contributed by atoms with Crippen LogP contribution in [0.4, 0.5) is 0 Å². The molecule has 0 bridgehead atoms. The maximum absolute atomic E-state index is 13.0. The summed E-state index contributed by atoms with van der Waals surface area (Å²) in [6, 6.07) is -5.06. The number of rotatable bonds is 16. The molecule has 0 saturated heterocycles. The predicted molar refractivity (Wildman–Crippen MR) is 124 cm³/mol. The molecule has 15 heteroatoms. The monoisotopic (exact) mass is 511 g/mol. The van der Waals surface area contributed by atoms with Crippen molar-refractivity contribution in [1.82, 2.24) is 25.9 Å². The van der Waals surface area contributed by atoms with Crippen LogP contribution in [0.1, 0.15) is 45.2 Å². The van der Waals surface area contributed by atoms with Crippen molar-refractivity contribution in [2.75, 3.05) is 0 Å². The van der Waals surface area contributed by atoms with Crippen molar-refractivity contribution in [3.05, 3.63) is 18.2 Å². The lowest BCUT2D eigenvalue weighted by atomic mass is 10.0. The first-order valence-electron chi connectivity index (χ1n) is 11.2. The van der Waals surface area contributed by atoms with Crippen molar-refractivity contribution in [2.45, 2.75) is 70.1 Å². The molecule has 200 valence electrons. The van der Waals surface area contributed by atoms with Gasteiger partial charge in [0.2, 0.25) is 23.6 Å². The highest BCUT2D eigenvalue weighted by Gasteiger charge is 2.32. The molecule has 1 rings (SSSR count). The zero-order valence-electron chi connectivity index (χ0n) is 20.0. The minimum Gasteiger partial charge on any atom is -0.481 e. The molecular formula is C21H33N7O8. The van der Waals surface area contributed by atoms with Gasteiger partial charge in [-0.15, -0.1) is 0 Å². The number of primary amides is 1. The molecule has 4 atom stereocenters. The third kappa shape index (κ3) is 10.5. The summed E-state index contributed by atoms with van der Waals surface area (Å²) in [5, 5.41) is 25.4. The zero-order chi connectivity index (χ0) is 27.4. The maximum Gasteiger partial charge on any atom is 0.326 e. The van der Waals surface area contributed by atoms with Crippen LogP contribution in [0, 0.1) is 5.92 Å². The summed E-state index contributed by atoms with van der Waals surface area (Å²) in [7, 11) is 0. The molecular weight excluding hydrogens is 478 g/mol. The van der Waals surface area contributed by atoms with Crippen molar-refractivity contribution in [1.29, 1.82) is 0 Å². The summed E-state index contributed by atoms with van der Waals surface area (Å²) >= 11 is 0. The fourth-order valence-electron chi connectivity index (χ4n) is 3.14. The fourth-order valence-corrected chi connectivity index (χ4v) is 3.14. The largest absolute Gasteiger partial charge is 0.481 e. The second-order valence-electron chi connectivity index (χ2n) is 8.52. The number of carbonyl (C=O) groups is 6. The highest BCUT2D eigenvalue weighted by Crippen LogP contribution is 2.07. The lowest BCUT2D eigenvalue weighted by molar-refractivity contribution is -0.143. The first-order valence-corrected chi connectivity index (χ1v) is 11.2. The van der Waals surface area contributed by atoms with E-state index in [4.69, 9.17) is 16.6 Å². The Labute approximate surface area is 206 Å². The van der Waals surface area contributed by atoms with Gasteiger partial charge < -0.3 is 42.6 Å². The second kappa shape index (κ2) is 14.4. The number of amides is 4. The maximum atomic E-state index is 13.0. The highest BCUT2D eigenvalue weighted by atomic mass is 16.4. The van der Waals surface area contributed by atoms with Gasteiger partial charge in [0.25, 0.3) is 0 Å². The Morgan fingerprint density at radius 3 is 2.06 bits per heavy atom. The average Bonchev–Trinajstić information content (AvgIpc) is 3.29. The standard InChI is InChI=1S/C21H33N7O8/c1-10(2)17(28-18(32)12(22)7-11-8-24-9-25-11)20(34)26-13(4-6-16(30)31)19(33)27-14(21(35)36)3-5-15(23)29/h8-10,12-14,17H,3-7,22H2,1-2H3,(H2,23,29)(H,24,25)(H,26,34)(H,27,33)(H,28,32)(H,30,31)(H,35,36). The Balaban J connectivity index is 2.94. The van der Waals surface area contributed by atoms with Crippen LogP contribution < -0.4 is 27.4 Å². The minimum atomic E-state index is -1.49. The summed E-state index contributed by atoms with van der Waals surface area (Å²) < 4.78 is 0. The average molecular weight is 512 g/mol. The van der Waals surface area contributed by atoms with E-state index < -0.39 is 72.1 Å². The van der Waals surface area contributed by atoms with Gasteiger partial charge in [0.15, 0.2) is 0 Å². The first-order chi connectivity index (χ1) is 16.8. The van der Waals surface area contributed by atoms with E-state index >= 15 is 0 Å². The molecule has 4 unspecified atom stereocenters. The van der Waals surface area contributed by atoms with Crippen molar-refractivity contribution in [3.63, 3.8) is 0 Å². The minimum absolute atomic E-state index is 0.129. The topological polar surface area (TPSA) is 260 Å². The molecule has 0 aliphatic heterocycles. The molecule has 1 aromatic rings. The van der Waals surface area contributed by atoms with Crippen LogP contribution in [0.3, 0.4) is 0 Å². The summed E-state index contributed by atoms with van der Waals surface area (Å²) in [6.07, 6.45) is 1.58. The van der Waals surface area contributed by atoms with Crippen LogP contribution in [-0.4, -0.2) is 79.9 Å². The number of aromatic amines is 1. The number of H-pyrrole nitrogens is 1. The van der Waals surface area contributed by atoms with E-state index in [1.54, 1.807) is 13.8 Å². The number of imidazole rings is 1. The molecule has 0 saturated carbocycles. The number of carboxylic acids is 2. The fraction of sp³-hybridized carbons (Fsp3) is 0.571. The molecule has 0 fully saturated rings. The third-order valence-corrected chi connectivity index (χ3v) is 5.15. The van der Waals surface area contributed by atoms with Crippen molar-refractivity contribution < 1.29 is 39.0 Å². The van der Waals surface area contributed by atoms with E-state index in [-0.39, 0.29) is 25.7 Å². The zero-order valence-corrected chi connectivity index (χ0v) is 20.0. The van der Waals surface area contributed by atoms with Gasteiger partial charge in [0.1, 0.15) is 18.1 Å². The van der Waals surface area contributed by atoms with Gasteiger partial charge in [-0.05, 0) is 18.8 Å². The lowest BCUT2D eigenvalue weighted by Gasteiger charge is -2.26. The van der Waals surface area contributed by atoms with Gasteiger partial charge in [-0.25, -0.2) is 9.78 Å². The Morgan fingerprint density at radius 1 is 0.944 bits per heavy atom. The van der Waals surface area contributed by atoms with Crippen molar-refractivity contribution in [3.8, 4) is 0 Å². The Hall–Kier alpha value is -4.01. The van der Waals surface area contributed by atoms with Crippen LogP contribution in [0.15, 0.2) is 12.5 Å². The predicted octanol–water partition coefficient (Wildman–Crippen LogP) is -2.40. The van der Waals surface area contributed by atoms with Gasteiger partial charge in [-0.2, -0.15) is 0 Å². The molecule has 1 aromatic heterocycles. The smallest absolute Gasteiger partial charge is 0.326 e. The normalized spacial score (nSPS) is 14.2. The number of aromatic nitrogens is 2. The second-order valence-corrected chi connectivity index (χ2v) is 8.52. The van der Waals surface area contributed by atoms with Crippen LogP contribution in [0.2, 0.25) is 0 Å². The number of carbonyl (C=O) groups excluding carboxylic acids is 4. The summed E-state index contributed by atoms with van der Waals surface area (Å²) in [6.45, 7) is 3.28. The van der Waals surface area contributed by atoms with Crippen molar-refractivity contribution >= 4 is 35.6 Å². The van der Waals surface area contributed by atoms with E-state index in [9.17, 15) is 33.9 Å². The summed E-state index contributed by atoms with van der Waals surface area (Å²) in [5.41, 5.74) is 11.5. The van der Waals surface area contributed by atoms with Gasteiger partial charge in [-0.3, -0.25) is 24.0 Å². The SMILES string of the molecule is CC(C)C(NC(=O)C(N)Cc1cnc[nH]1)C(=O)NC(CCC(=O)O)C(=O)NC(CCC(N)=O)C(=O)O. The number of hydrogen-bond donors (Lipinski definition) is 8. The van der Waals surface area contributed by atoms with E-state index in [1.807, 2.05) is 0 Å². The van der Waals surface area contributed by atoms with Gasteiger partial charge in [0.05, 0.1) is 12.4 Å². The number of carboxylic acid groups (broad SMARTS) is 2. The number of hydrogen-bond acceptors (Lipinski definition) is 8. The number of nitrogens with two attached hydrogens (primary N) is 2. The molecule has 0 aliphatic carbocycles. The number of nitrogens with zero attached hydrogens (tertiary/aromatic N) is 1. The van der Waals surface area contributed by atoms with Crippen LogP contribution in [0.5, 0.6) is 0 Å². The molecule has 0 aromatic carbocycles. The van der Waals surface area contributed by atoms with E-state index in [1.165, 1.54) is 12.5 Å². The Kier molecular flexibility index (Phi) is 12.0. The van der Waals surface area contributed by atoms with Crippen LogP contribution >= 0.6 is 0 Å². The van der Waals surface area contributed by atoms with E-state index in [0.717, 1.165) is 0 Å². The molecule has 15 nitrogen and oxygen atoms in total. The van der Waals surface area contributed by atoms with E-state index in [0.29, 0.717) is 5.69 Å². The molecule has 36 heavy (non-hydrogen) atoms. The number of aliphatic carboxylic acids is 2. The quantitative estimate of drug-likeness (QED) is 0.117. The highest BCUT2D eigenvalue weighted by molar-refractivity contribution is 5.94. The lowest BCUT2D eigenvalue weighted by Crippen LogP contribution is -2.58. The summed E-state index contributed by atoms with van der Waals surface area (Å²) in [5.74, 6) is -6.29. The molecule has 0 spiro atoms. The third-order valence-electron chi connectivity index (χ3n) is 5.15. The Bertz CT molecular complexity index is 935. The molecule has 0 aliphatic rings. The first kappa shape index (κ1) is 30.0. The molecule has 4 amide bonds. The molecule has 10 N–H and O–H groups in total.